The SMILES string of the molecule is COCCN(C)C(=O)[C@H](Cc1ccccc1)N(Cc1ccc(-c2ccncc2)cc1)C(=O)/C=C/c1ccc(C(F)(F)F)cn1. The Bertz CT molecular complexity index is 1530. The number of carbonyl (C=O) groups is 2. The minimum atomic E-state index is -4.52. The van der Waals surface area contributed by atoms with E-state index in [0.717, 1.165) is 34.5 Å². The Morgan fingerprint density at radius 1 is 0.909 bits per heavy atom. The summed E-state index contributed by atoms with van der Waals surface area (Å²) in [6, 6.07) is 22.1. The van der Waals surface area contributed by atoms with Crippen LogP contribution in [0.2, 0.25) is 0 Å². The van der Waals surface area contributed by atoms with E-state index in [-0.39, 0.29) is 24.6 Å². The topological polar surface area (TPSA) is 75.6 Å². The van der Waals surface area contributed by atoms with Crippen molar-refractivity contribution in [2.45, 2.75) is 25.2 Å². The van der Waals surface area contributed by atoms with Crippen LogP contribution in [-0.4, -0.2) is 64.9 Å². The van der Waals surface area contributed by atoms with Crippen LogP contribution in [0.15, 0.2) is 104 Å². The molecule has 10 heteroatoms. The van der Waals surface area contributed by atoms with Gasteiger partial charge in [-0.3, -0.25) is 19.6 Å². The summed E-state index contributed by atoms with van der Waals surface area (Å²) in [5.74, 6) is -0.756. The van der Waals surface area contributed by atoms with Gasteiger partial charge in [-0.05, 0) is 52.6 Å². The van der Waals surface area contributed by atoms with Crippen molar-refractivity contribution in [3.8, 4) is 11.1 Å². The molecule has 0 fully saturated rings. The molecule has 0 unspecified atom stereocenters. The van der Waals surface area contributed by atoms with Gasteiger partial charge in [-0.15, -0.1) is 0 Å². The van der Waals surface area contributed by atoms with Gasteiger partial charge in [-0.1, -0.05) is 54.6 Å². The average Bonchev–Trinajstić information content (AvgIpc) is 3.04. The highest BCUT2D eigenvalue weighted by atomic mass is 19.4. The number of rotatable bonds is 12. The largest absolute Gasteiger partial charge is 0.417 e. The predicted octanol–water partition coefficient (Wildman–Crippen LogP) is 5.92. The highest BCUT2D eigenvalue weighted by molar-refractivity contribution is 5.95. The summed E-state index contributed by atoms with van der Waals surface area (Å²) in [7, 11) is 3.21. The highest BCUT2D eigenvalue weighted by Crippen LogP contribution is 2.28. The number of hydrogen-bond acceptors (Lipinski definition) is 5. The summed E-state index contributed by atoms with van der Waals surface area (Å²) >= 11 is 0. The van der Waals surface area contributed by atoms with E-state index in [1.807, 2.05) is 66.7 Å². The number of nitrogens with zero attached hydrogens (tertiary/aromatic N) is 4. The number of alkyl halides is 3. The number of hydrogen-bond donors (Lipinski definition) is 0. The fourth-order valence-electron chi connectivity index (χ4n) is 4.57. The van der Waals surface area contributed by atoms with E-state index in [1.165, 1.54) is 28.0 Å². The first-order chi connectivity index (χ1) is 21.2. The van der Waals surface area contributed by atoms with Crippen LogP contribution >= 0.6 is 0 Å². The lowest BCUT2D eigenvalue weighted by Crippen LogP contribution is -2.51. The van der Waals surface area contributed by atoms with Crippen molar-refractivity contribution in [2.24, 2.45) is 0 Å². The van der Waals surface area contributed by atoms with Gasteiger partial charge in [-0.2, -0.15) is 13.2 Å². The number of aromatic nitrogens is 2. The lowest BCUT2D eigenvalue weighted by atomic mass is 10.0. The van der Waals surface area contributed by atoms with Crippen LogP contribution in [0.3, 0.4) is 0 Å². The Balaban J connectivity index is 1.67. The number of likely N-dealkylation sites (N-methyl/N-ethyl adjacent to an activating group) is 1. The van der Waals surface area contributed by atoms with Crippen molar-refractivity contribution < 1.29 is 27.5 Å². The molecule has 0 aliphatic heterocycles. The van der Waals surface area contributed by atoms with Gasteiger partial charge < -0.3 is 14.5 Å². The number of halogens is 3. The smallest absolute Gasteiger partial charge is 0.383 e. The third-order valence-corrected chi connectivity index (χ3v) is 7.05. The number of pyridine rings is 2. The second kappa shape index (κ2) is 15.1. The lowest BCUT2D eigenvalue weighted by molar-refractivity contribution is -0.143. The van der Waals surface area contributed by atoms with Crippen LogP contribution in [0.25, 0.3) is 17.2 Å². The Morgan fingerprint density at radius 2 is 1.59 bits per heavy atom. The summed E-state index contributed by atoms with van der Waals surface area (Å²) in [4.78, 5) is 38.6. The molecule has 0 N–H and O–H groups in total. The van der Waals surface area contributed by atoms with E-state index >= 15 is 0 Å². The molecule has 2 aromatic heterocycles. The van der Waals surface area contributed by atoms with Crippen molar-refractivity contribution in [3.63, 3.8) is 0 Å². The van der Waals surface area contributed by atoms with E-state index in [9.17, 15) is 22.8 Å². The van der Waals surface area contributed by atoms with Crippen LogP contribution in [0.4, 0.5) is 13.2 Å². The quantitative estimate of drug-likeness (QED) is 0.188. The monoisotopic (exact) mass is 602 g/mol. The van der Waals surface area contributed by atoms with E-state index < -0.39 is 23.7 Å². The molecule has 228 valence electrons. The van der Waals surface area contributed by atoms with E-state index in [0.29, 0.717) is 13.2 Å². The molecule has 44 heavy (non-hydrogen) atoms. The zero-order valence-electron chi connectivity index (χ0n) is 24.4. The molecule has 0 radical (unpaired) electrons. The van der Waals surface area contributed by atoms with Gasteiger partial charge in [0, 0.05) is 58.3 Å². The van der Waals surface area contributed by atoms with Crippen molar-refractivity contribution in [1.82, 2.24) is 19.8 Å². The third-order valence-electron chi connectivity index (χ3n) is 7.05. The first-order valence-corrected chi connectivity index (χ1v) is 13.9. The molecule has 0 spiro atoms. The minimum Gasteiger partial charge on any atom is -0.383 e. The number of methoxy groups -OCH3 is 1. The van der Waals surface area contributed by atoms with Crippen LogP contribution in [0.1, 0.15) is 22.4 Å². The molecule has 4 rings (SSSR count). The molecule has 0 saturated carbocycles. The summed E-state index contributed by atoms with van der Waals surface area (Å²) in [6.45, 7) is 0.764. The molecule has 0 aliphatic rings. The number of amides is 2. The van der Waals surface area contributed by atoms with Crippen molar-refractivity contribution in [1.29, 1.82) is 0 Å². The summed E-state index contributed by atoms with van der Waals surface area (Å²) < 4.78 is 44.1. The molecule has 0 aliphatic carbocycles. The minimum absolute atomic E-state index is 0.113. The van der Waals surface area contributed by atoms with Crippen LogP contribution in [0.5, 0.6) is 0 Å². The molecule has 2 heterocycles. The number of benzene rings is 2. The summed E-state index contributed by atoms with van der Waals surface area (Å²) in [5, 5.41) is 0. The van der Waals surface area contributed by atoms with Gasteiger partial charge in [0.1, 0.15) is 6.04 Å². The second-order valence-corrected chi connectivity index (χ2v) is 10.2. The van der Waals surface area contributed by atoms with Crippen molar-refractivity contribution >= 4 is 17.9 Å². The molecular weight excluding hydrogens is 569 g/mol. The molecule has 0 saturated heterocycles. The van der Waals surface area contributed by atoms with Gasteiger partial charge in [0.2, 0.25) is 11.8 Å². The van der Waals surface area contributed by atoms with Gasteiger partial charge in [0.25, 0.3) is 0 Å². The maximum atomic E-state index is 13.9. The molecular formula is C34H33F3N4O3. The van der Waals surface area contributed by atoms with Gasteiger partial charge in [0.05, 0.1) is 17.9 Å². The van der Waals surface area contributed by atoms with Crippen LogP contribution < -0.4 is 0 Å². The van der Waals surface area contributed by atoms with E-state index in [1.54, 1.807) is 26.6 Å². The van der Waals surface area contributed by atoms with Gasteiger partial charge in [0.15, 0.2) is 0 Å². The summed E-state index contributed by atoms with van der Waals surface area (Å²) in [5.41, 5.74) is 2.91. The van der Waals surface area contributed by atoms with Crippen LogP contribution in [-0.2, 0) is 33.5 Å². The maximum absolute atomic E-state index is 13.9. The standard InChI is InChI=1S/C34H33F3N4O3/c1-40(20-21-44-2)33(43)31(22-25-6-4-3-5-7-25)41(24-26-8-10-27(11-9-26)28-16-18-38-19-17-28)32(42)15-14-30-13-12-29(23-39-30)34(35,36)37/h3-19,23,31H,20-22,24H2,1-2H3/b15-14+/t31-/m0/s1. The normalized spacial score (nSPS) is 12.2. The average molecular weight is 603 g/mol. The Labute approximate surface area is 254 Å². The van der Waals surface area contributed by atoms with E-state index in [2.05, 4.69) is 9.97 Å². The Morgan fingerprint density at radius 3 is 2.20 bits per heavy atom. The van der Waals surface area contributed by atoms with Crippen molar-refractivity contribution in [3.05, 3.63) is 126 Å². The Hall–Kier alpha value is -4.83. The second-order valence-electron chi connectivity index (χ2n) is 10.2. The lowest BCUT2D eigenvalue weighted by Gasteiger charge is -2.33. The fourth-order valence-corrected chi connectivity index (χ4v) is 4.57. The molecule has 7 nitrogen and oxygen atoms in total. The zero-order chi connectivity index (χ0) is 31.5. The number of ether oxygens (including phenoxy) is 1. The first-order valence-electron chi connectivity index (χ1n) is 13.9. The fraction of sp³-hybridized carbons (Fsp3) is 0.235. The maximum Gasteiger partial charge on any atom is 0.417 e. The molecule has 4 aromatic rings. The number of carbonyl (C=O) groups excluding carboxylic acids is 2. The zero-order valence-corrected chi connectivity index (χ0v) is 24.4. The Kier molecular flexibility index (Phi) is 11.0. The van der Waals surface area contributed by atoms with E-state index in [4.69, 9.17) is 4.74 Å². The highest BCUT2D eigenvalue weighted by Gasteiger charge is 2.32. The molecule has 0 bridgehead atoms. The molecule has 2 aromatic carbocycles. The van der Waals surface area contributed by atoms with Gasteiger partial charge in [-0.25, -0.2) is 0 Å². The van der Waals surface area contributed by atoms with Gasteiger partial charge >= 0.3 is 6.18 Å². The third kappa shape index (κ3) is 8.84. The molecule has 1 atom stereocenters. The first kappa shape index (κ1) is 32.1. The summed E-state index contributed by atoms with van der Waals surface area (Å²) in [6.07, 6.45) is 2.46. The van der Waals surface area contributed by atoms with Crippen molar-refractivity contribution in [2.75, 3.05) is 27.3 Å². The predicted molar refractivity (Wildman–Crippen MR) is 162 cm³/mol. The van der Waals surface area contributed by atoms with Crippen LogP contribution in [0, 0.1) is 0 Å². The molecule has 2 amide bonds.